The molecule has 1 amide bonds. The van der Waals surface area contributed by atoms with Crippen LogP contribution in [-0.2, 0) is 4.79 Å². The number of amides is 1. The van der Waals surface area contributed by atoms with E-state index in [4.69, 9.17) is 0 Å². The summed E-state index contributed by atoms with van der Waals surface area (Å²) in [5.74, 6) is 3.49. The Morgan fingerprint density at radius 1 is 1.20 bits per heavy atom. The minimum atomic E-state index is 0.308. The second-order valence-electron chi connectivity index (χ2n) is 11.0. The van der Waals surface area contributed by atoms with Gasteiger partial charge in [0, 0.05) is 31.9 Å². The highest BCUT2D eigenvalue weighted by Gasteiger charge is 2.58. The maximum absolute atomic E-state index is 12.5. The van der Waals surface area contributed by atoms with Gasteiger partial charge in [-0.15, -0.1) is 0 Å². The number of carbonyl (C=O) groups is 1. The highest BCUT2D eigenvalue weighted by Crippen LogP contribution is 2.66. The molecule has 1 aromatic rings. The third-order valence-electron chi connectivity index (χ3n) is 9.86. The highest BCUT2D eigenvalue weighted by molar-refractivity contribution is 5.76. The SMILES string of the molecule is CCC(=O)N1CCC[C@@]2(C)C(CCC3C2CC[C@]2(C)C(c4cccnc4)=CCC32)C1. The molecule has 3 heteroatoms. The zero-order valence-electron chi connectivity index (χ0n) is 19.1. The summed E-state index contributed by atoms with van der Waals surface area (Å²) < 4.78 is 0. The van der Waals surface area contributed by atoms with Crippen LogP contribution >= 0.6 is 0 Å². The second-order valence-corrected chi connectivity index (χ2v) is 11.0. The van der Waals surface area contributed by atoms with Crippen LogP contribution in [0.3, 0.4) is 0 Å². The van der Waals surface area contributed by atoms with Crippen molar-refractivity contribution in [3.8, 4) is 0 Å². The van der Waals surface area contributed by atoms with E-state index in [1.165, 1.54) is 50.5 Å². The van der Waals surface area contributed by atoms with E-state index in [0.29, 0.717) is 29.1 Å². The van der Waals surface area contributed by atoms with Gasteiger partial charge in [-0.3, -0.25) is 9.78 Å². The van der Waals surface area contributed by atoms with Gasteiger partial charge in [-0.25, -0.2) is 0 Å². The molecule has 2 saturated carbocycles. The van der Waals surface area contributed by atoms with Crippen LogP contribution in [0.4, 0.5) is 0 Å². The summed E-state index contributed by atoms with van der Waals surface area (Å²) >= 11 is 0. The number of aromatic nitrogens is 1. The number of hydrogen-bond donors (Lipinski definition) is 0. The third-order valence-corrected chi connectivity index (χ3v) is 9.86. The quantitative estimate of drug-likeness (QED) is 0.606. The van der Waals surface area contributed by atoms with Gasteiger partial charge in [-0.05, 0) is 96.7 Å². The largest absolute Gasteiger partial charge is 0.342 e. The van der Waals surface area contributed by atoms with Crippen molar-refractivity contribution in [1.29, 1.82) is 0 Å². The van der Waals surface area contributed by atoms with Crippen LogP contribution in [-0.4, -0.2) is 28.9 Å². The first-order valence-corrected chi connectivity index (χ1v) is 12.4. The van der Waals surface area contributed by atoms with Crippen LogP contribution in [0, 0.1) is 34.5 Å². The molecule has 162 valence electrons. The van der Waals surface area contributed by atoms with Crippen molar-refractivity contribution < 1.29 is 4.79 Å². The van der Waals surface area contributed by atoms with E-state index in [1.54, 1.807) is 5.57 Å². The molecular formula is C27H38N2O. The lowest BCUT2D eigenvalue weighted by atomic mass is 9.46. The first-order valence-electron chi connectivity index (χ1n) is 12.4. The molecule has 0 N–H and O–H groups in total. The van der Waals surface area contributed by atoms with Gasteiger partial charge in [0.25, 0.3) is 0 Å². The molecule has 1 aromatic heterocycles. The lowest BCUT2D eigenvalue weighted by molar-refractivity contribution is -0.133. The number of nitrogens with zero attached hydrogens (tertiary/aromatic N) is 2. The topological polar surface area (TPSA) is 33.2 Å². The fourth-order valence-corrected chi connectivity index (χ4v) is 8.22. The van der Waals surface area contributed by atoms with Crippen molar-refractivity contribution in [2.24, 2.45) is 34.5 Å². The predicted molar refractivity (Wildman–Crippen MR) is 122 cm³/mol. The molecule has 4 unspecified atom stereocenters. The average Bonchev–Trinajstić information content (AvgIpc) is 3.01. The van der Waals surface area contributed by atoms with Crippen molar-refractivity contribution in [3.05, 3.63) is 36.2 Å². The summed E-state index contributed by atoms with van der Waals surface area (Å²) in [5, 5.41) is 0. The summed E-state index contributed by atoms with van der Waals surface area (Å²) in [7, 11) is 0. The molecular weight excluding hydrogens is 368 g/mol. The van der Waals surface area contributed by atoms with Gasteiger partial charge in [0.05, 0.1) is 0 Å². The maximum Gasteiger partial charge on any atom is 0.222 e. The predicted octanol–water partition coefficient (Wildman–Crippen LogP) is 5.97. The molecule has 4 aliphatic rings. The molecule has 5 rings (SSSR count). The van der Waals surface area contributed by atoms with Crippen LogP contribution in [0.2, 0.25) is 0 Å². The molecule has 1 saturated heterocycles. The summed E-state index contributed by atoms with van der Waals surface area (Å²) in [4.78, 5) is 19.1. The van der Waals surface area contributed by atoms with Crippen LogP contribution in [0.25, 0.3) is 5.57 Å². The van der Waals surface area contributed by atoms with Gasteiger partial charge in [-0.2, -0.15) is 0 Å². The summed E-state index contributed by atoms with van der Waals surface area (Å²) in [6, 6.07) is 4.33. The van der Waals surface area contributed by atoms with E-state index in [1.807, 2.05) is 13.1 Å². The number of rotatable bonds is 2. The van der Waals surface area contributed by atoms with Crippen LogP contribution in [0.1, 0.15) is 77.7 Å². The third kappa shape index (κ3) is 2.99. The van der Waals surface area contributed by atoms with Gasteiger partial charge in [-0.1, -0.05) is 32.9 Å². The van der Waals surface area contributed by atoms with Crippen molar-refractivity contribution in [1.82, 2.24) is 9.88 Å². The minimum absolute atomic E-state index is 0.308. The molecule has 0 bridgehead atoms. The second kappa shape index (κ2) is 7.50. The standard InChI is InChI=1S/C27H38N2O/c1-4-25(30)29-16-6-13-26(2)20(18-29)8-9-21-23-11-10-22(19-7-5-15-28-17-19)27(23,3)14-12-24(21)26/h5,7,10,15,17,20-21,23-24H,4,6,8-9,11-14,16,18H2,1-3H3/t20?,21?,23?,24?,26-,27+/m0/s1. The summed E-state index contributed by atoms with van der Waals surface area (Å²) in [5.41, 5.74) is 3.61. The minimum Gasteiger partial charge on any atom is -0.342 e. The monoisotopic (exact) mass is 406 g/mol. The number of likely N-dealkylation sites (tertiary alicyclic amines) is 1. The van der Waals surface area contributed by atoms with E-state index < -0.39 is 0 Å². The first-order chi connectivity index (χ1) is 14.5. The molecule has 3 aliphatic carbocycles. The molecule has 30 heavy (non-hydrogen) atoms. The van der Waals surface area contributed by atoms with Crippen molar-refractivity contribution >= 4 is 11.5 Å². The fourth-order valence-electron chi connectivity index (χ4n) is 8.22. The number of carbonyl (C=O) groups excluding carboxylic acids is 1. The van der Waals surface area contributed by atoms with Gasteiger partial charge in [0.15, 0.2) is 0 Å². The van der Waals surface area contributed by atoms with Gasteiger partial charge in [0.1, 0.15) is 0 Å². The fraction of sp³-hybridized carbons (Fsp3) is 0.704. The van der Waals surface area contributed by atoms with Crippen LogP contribution < -0.4 is 0 Å². The summed E-state index contributed by atoms with van der Waals surface area (Å²) in [6.45, 7) is 9.14. The molecule has 3 nitrogen and oxygen atoms in total. The van der Waals surface area contributed by atoms with Crippen molar-refractivity contribution in [3.63, 3.8) is 0 Å². The average molecular weight is 407 g/mol. The Hall–Kier alpha value is -1.64. The first kappa shape index (κ1) is 20.3. The highest BCUT2D eigenvalue weighted by atomic mass is 16.2. The molecule has 2 heterocycles. The molecule has 1 aliphatic heterocycles. The van der Waals surface area contributed by atoms with Crippen LogP contribution in [0.15, 0.2) is 30.6 Å². The zero-order valence-corrected chi connectivity index (χ0v) is 19.1. The molecule has 6 atom stereocenters. The zero-order chi connectivity index (χ0) is 20.9. The lowest BCUT2D eigenvalue weighted by Crippen LogP contribution is -2.52. The summed E-state index contributed by atoms with van der Waals surface area (Å²) in [6.07, 6.45) is 16.2. The number of fused-ring (bicyclic) bond motifs is 5. The Bertz CT molecular complexity index is 833. The lowest BCUT2D eigenvalue weighted by Gasteiger charge is -2.59. The van der Waals surface area contributed by atoms with Gasteiger partial charge >= 0.3 is 0 Å². The van der Waals surface area contributed by atoms with E-state index in [9.17, 15) is 4.79 Å². The number of hydrogen-bond acceptors (Lipinski definition) is 2. The smallest absolute Gasteiger partial charge is 0.222 e. The Kier molecular flexibility index (Phi) is 5.07. The van der Waals surface area contributed by atoms with Crippen LogP contribution in [0.5, 0.6) is 0 Å². The van der Waals surface area contributed by atoms with Crippen molar-refractivity contribution in [2.75, 3.05) is 13.1 Å². The maximum atomic E-state index is 12.5. The van der Waals surface area contributed by atoms with E-state index >= 15 is 0 Å². The van der Waals surface area contributed by atoms with Gasteiger partial charge < -0.3 is 4.90 Å². The Morgan fingerprint density at radius 3 is 2.83 bits per heavy atom. The normalized spacial score (nSPS) is 40.6. The Labute approximate surface area is 182 Å². The van der Waals surface area contributed by atoms with Crippen molar-refractivity contribution in [2.45, 2.75) is 72.1 Å². The van der Waals surface area contributed by atoms with E-state index in [0.717, 1.165) is 30.8 Å². The number of allylic oxidation sites excluding steroid dienone is 2. The Balaban J connectivity index is 1.40. The molecule has 3 fully saturated rings. The van der Waals surface area contributed by atoms with Gasteiger partial charge in [0.2, 0.25) is 5.91 Å². The molecule has 0 radical (unpaired) electrons. The molecule has 0 aromatic carbocycles. The van der Waals surface area contributed by atoms with E-state index in [-0.39, 0.29) is 0 Å². The number of pyridine rings is 1. The Morgan fingerprint density at radius 2 is 2.07 bits per heavy atom. The van der Waals surface area contributed by atoms with E-state index in [2.05, 4.69) is 48.1 Å². The molecule has 0 spiro atoms.